The third-order valence-corrected chi connectivity index (χ3v) is 4.85. The zero-order valence-corrected chi connectivity index (χ0v) is 12.2. The van der Waals surface area contributed by atoms with Crippen molar-refractivity contribution in [2.45, 2.75) is 22.2 Å². The van der Waals surface area contributed by atoms with E-state index < -0.39 is 32.0 Å². The van der Waals surface area contributed by atoms with Gasteiger partial charge < -0.3 is 4.74 Å². The molecule has 0 N–H and O–H groups in total. The molecule has 0 amide bonds. The van der Waals surface area contributed by atoms with Crippen molar-refractivity contribution in [2.75, 3.05) is 12.4 Å². The molecular formula is C11H10F4O4S2. The summed E-state index contributed by atoms with van der Waals surface area (Å²) >= 11 is 0.526. The molecule has 10 heteroatoms. The summed E-state index contributed by atoms with van der Waals surface area (Å²) in [5, 5.41) is 0. The standard InChI is InChI=1S/C11H10F4O4S2/c1-2-19-10(16)6-20-8-4-3-7(12)5-9(8)21(17,18)11(13,14)15/h3-5H,2,6H2,1H3. The number of sulfone groups is 1. The first-order valence-corrected chi connectivity index (χ1v) is 7.95. The number of hydrogen-bond acceptors (Lipinski definition) is 5. The van der Waals surface area contributed by atoms with Gasteiger partial charge >= 0.3 is 11.5 Å². The molecule has 0 fully saturated rings. The van der Waals surface area contributed by atoms with E-state index in [4.69, 9.17) is 0 Å². The minimum atomic E-state index is -5.70. The quantitative estimate of drug-likeness (QED) is 0.466. The monoisotopic (exact) mass is 346 g/mol. The van der Waals surface area contributed by atoms with E-state index in [-0.39, 0.29) is 23.3 Å². The van der Waals surface area contributed by atoms with E-state index in [0.717, 1.165) is 12.1 Å². The number of alkyl halides is 3. The molecule has 0 heterocycles. The number of ether oxygens (including phenoxy) is 1. The van der Waals surface area contributed by atoms with E-state index in [1.807, 2.05) is 0 Å². The fraction of sp³-hybridized carbons (Fsp3) is 0.364. The third-order valence-electron chi connectivity index (χ3n) is 2.15. The first kappa shape index (κ1) is 17.8. The highest BCUT2D eigenvalue weighted by molar-refractivity contribution is 8.01. The molecule has 0 aromatic heterocycles. The normalized spacial score (nSPS) is 12.2. The molecule has 1 aromatic carbocycles. The highest BCUT2D eigenvalue weighted by atomic mass is 32.2. The molecule has 0 spiro atoms. The highest BCUT2D eigenvalue weighted by Crippen LogP contribution is 2.36. The number of carbonyl (C=O) groups is 1. The molecule has 21 heavy (non-hydrogen) atoms. The van der Waals surface area contributed by atoms with Gasteiger partial charge in [-0.25, -0.2) is 12.8 Å². The summed E-state index contributed by atoms with van der Waals surface area (Å²) in [7, 11) is -5.70. The minimum Gasteiger partial charge on any atom is -0.465 e. The van der Waals surface area contributed by atoms with Crippen molar-refractivity contribution in [1.29, 1.82) is 0 Å². The van der Waals surface area contributed by atoms with Crippen molar-refractivity contribution in [1.82, 2.24) is 0 Å². The Morgan fingerprint density at radius 2 is 1.95 bits per heavy atom. The van der Waals surface area contributed by atoms with Crippen LogP contribution in [0.2, 0.25) is 0 Å². The van der Waals surface area contributed by atoms with Crippen LogP contribution in [0, 0.1) is 5.82 Å². The number of thioether (sulfide) groups is 1. The number of hydrogen-bond donors (Lipinski definition) is 0. The summed E-state index contributed by atoms with van der Waals surface area (Å²) in [6, 6.07) is 1.96. The maximum Gasteiger partial charge on any atom is 0.501 e. The van der Waals surface area contributed by atoms with Gasteiger partial charge in [0.15, 0.2) is 0 Å². The van der Waals surface area contributed by atoms with Gasteiger partial charge in [0.2, 0.25) is 0 Å². The first-order chi connectivity index (χ1) is 9.59. The summed E-state index contributed by atoms with van der Waals surface area (Å²) in [5.74, 6) is -2.24. The molecule has 0 unspecified atom stereocenters. The molecule has 1 aromatic rings. The molecule has 0 aliphatic heterocycles. The summed E-state index contributed by atoms with van der Waals surface area (Å²) in [6.07, 6.45) is 0. The first-order valence-electron chi connectivity index (χ1n) is 5.49. The Morgan fingerprint density at radius 3 is 2.48 bits per heavy atom. The largest absolute Gasteiger partial charge is 0.501 e. The lowest BCUT2D eigenvalue weighted by Crippen LogP contribution is -2.24. The van der Waals surface area contributed by atoms with E-state index in [1.165, 1.54) is 0 Å². The van der Waals surface area contributed by atoms with Crippen molar-refractivity contribution in [3.05, 3.63) is 24.0 Å². The number of benzene rings is 1. The topological polar surface area (TPSA) is 60.4 Å². The van der Waals surface area contributed by atoms with Crippen LogP contribution in [0.15, 0.2) is 28.0 Å². The highest BCUT2D eigenvalue weighted by Gasteiger charge is 2.48. The third kappa shape index (κ3) is 4.34. The van der Waals surface area contributed by atoms with E-state index in [0.29, 0.717) is 11.8 Å². The van der Waals surface area contributed by atoms with Crippen LogP contribution in [0.4, 0.5) is 17.6 Å². The number of esters is 1. The maximum atomic E-state index is 13.1. The zero-order chi connectivity index (χ0) is 16.3. The average Bonchev–Trinajstić information content (AvgIpc) is 2.36. The van der Waals surface area contributed by atoms with E-state index >= 15 is 0 Å². The number of rotatable bonds is 5. The minimum absolute atomic E-state index is 0.0799. The second-order valence-electron chi connectivity index (χ2n) is 3.63. The van der Waals surface area contributed by atoms with Gasteiger partial charge in [0.25, 0.3) is 9.84 Å². The van der Waals surface area contributed by atoms with E-state index in [9.17, 15) is 30.8 Å². The van der Waals surface area contributed by atoms with Crippen molar-refractivity contribution in [3.8, 4) is 0 Å². The van der Waals surface area contributed by atoms with Crippen LogP contribution < -0.4 is 0 Å². The summed E-state index contributed by atoms with van der Waals surface area (Å²) in [4.78, 5) is 9.56. The molecule has 0 saturated carbocycles. The van der Waals surface area contributed by atoms with Gasteiger partial charge in [0, 0.05) is 4.90 Å². The van der Waals surface area contributed by atoms with Crippen LogP contribution in [0.25, 0.3) is 0 Å². The van der Waals surface area contributed by atoms with Gasteiger partial charge in [-0.1, -0.05) is 0 Å². The van der Waals surface area contributed by atoms with Gasteiger partial charge in [-0.2, -0.15) is 13.2 Å². The van der Waals surface area contributed by atoms with Crippen molar-refractivity contribution in [3.63, 3.8) is 0 Å². The second-order valence-corrected chi connectivity index (χ2v) is 6.56. The average molecular weight is 346 g/mol. The molecule has 0 saturated heterocycles. The summed E-state index contributed by atoms with van der Waals surface area (Å²) < 4.78 is 78.0. The Balaban J connectivity index is 3.15. The van der Waals surface area contributed by atoms with Crippen molar-refractivity contribution >= 4 is 27.6 Å². The Hall–Kier alpha value is -1.29. The summed E-state index contributed by atoms with van der Waals surface area (Å²) in [6.45, 7) is 1.62. The SMILES string of the molecule is CCOC(=O)CSc1ccc(F)cc1S(=O)(=O)C(F)(F)F. The molecule has 4 nitrogen and oxygen atoms in total. The Kier molecular flexibility index (Phi) is 5.62. The van der Waals surface area contributed by atoms with Crippen LogP contribution in [-0.2, 0) is 19.4 Å². The summed E-state index contributed by atoms with van der Waals surface area (Å²) in [5.41, 5.74) is -5.56. The Morgan fingerprint density at radius 1 is 1.33 bits per heavy atom. The molecule has 0 aliphatic carbocycles. The zero-order valence-electron chi connectivity index (χ0n) is 10.6. The fourth-order valence-corrected chi connectivity index (χ4v) is 3.35. The smallest absolute Gasteiger partial charge is 0.465 e. The molecule has 118 valence electrons. The van der Waals surface area contributed by atoms with Gasteiger partial charge in [-0.15, -0.1) is 11.8 Å². The lowest BCUT2D eigenvalue weighted by atomic mass is 10.3. The predicted molar refractivity (Wildman–Crippen MR) is 67.0 cm³/mol. The maximum absolute atomic E-state index is 13.1. The van der Waals surface area contributed by atoms with E-state index in [2.05, 4.69) is 4.74 Å². The molecule has 0 radical (unpaired) electrons. The Labute approximate surface area is 122 Å². The lowest BCUT2D eigenvalue weighted by Gasteiger charge is -2.12. The van der Waals surface area contributed by atoms with Crippen LogP contribution >= 0.6 is 11.8 Å². The molecule has 0 aliphatic rings. The number of carbonyl (C=O) groups excluding carboxylic acids is 1. The van der Waals surface area contributed by atoms with Gasteiger partial charge in [0.1, 0.15) is 5.82 Å². The van der Waals surface area contributed by atoms with Crippen LogP contribution in [0.5, 0.6) is 0 Å². The molecular weight excluding hydrogens is 336 g/mol. The fourth-order valence-electron chi connectivity index (χ4n) is 1.28. The molecule has 0 atom stereocenters. The van der Waals surface area contributed by atoms with Crippen LogP contribution in [0.3, 0.4) is 0 Å². The van der Waals surface area contributed by atoms with Gasteiger partial charge in [-0.05, 0) is 25.1 Å². The van der Waals surface area contributed by atoms with Gasteiger partial charge in [-0.3, -0.25) is 4.79 Å². The number of halogens is 4. The van der Waals surface area contributed by atoms with E-state index in [1.54, 1.807) is 6.92 Å². The predicted octanol–water partition coefficient (Wildman–Crippen LogP) is 2.77. The second kappa shape index (κ2) is 6.65. The van der Waals surface area contributed by atoms with Crippen LogP contribution in [-0.4, -0.2) is 32.3 Å². The van der Waals surface area contributed by atoms with Gasteiger partial charge in [0.05, 0.1) is 17.3 Å². The Bertz CT molecular complexity index is 626. The lowest BCUT2D eigenvalue weighted by molar-refractivity contribution is -0.139. The van der Waals surface area contributed by atoms with Crippen LogP contribution in [0.1, 0.15) is 6.92 Å². The molecule has 1 rings (SSSR count). The van der Waals surface area contributed by atoms with Crippen molar-refractivity contribution in [2.24, 2.45) is 0 Å². The molecule has 0 bridgehead atoms. The van der Waals surface area contributed by atoms with Crippen molar-refractivity contribution < 1.29 is 35.5 Å².